The zero-order chi connectivity index (χ0) is 19.3. The number of hydrogen-bond donors (Lipinski definition) is 3. The van der Waals surface area contributed by atoms with Gasteiger partial charge >= 0.3 is 5.97 Å². The highest BCUT2D eigenvalue weighted by Gasteiger charge is 2.16. The van der Waals surface area contributed by atoms with Crippen molar-refractivity contribution < 1.29 is 27.5 Å². The number of rotatable bonds is 6. The van der Waals surface area contributed by atoms with E-state index in [0.29, 0.717) is 5.00 Å². The number of hydrogen-bond acceptors (Lipinski definition) is 7. The third-order valence-corrected chi connectivity index (χ3v) is 4.90. The zero-order valence-electron chi connectivity index (χ0n) is 13.5. The average Bonchev–Trinajstić information content (AvgIpc) is 3.06. The lowest BCUT2D eigenvalue weighted by Gasteiger charge is -2.08. The summed E-state index contributed by atoms with van der Waals surface area (Å²) in [5.41, 5.74) is 0.244. The van der Waals surface area contributed by atoms with Gasteiger partial charge < -0.3 is 15.4 Å². The third kappa shape index (κ3) is 4.88. The molecule has 138 valence electrons. The molecule has 0 saturated heterocycles. The molecule has 0 bridgehead atoms. The van der Waals surface area contributed by atoms with E-state index in [1.807, 2.05) is 0 Å². The van der Waals surface area contributed by atoms with Crippen LogP contribution < -0.4 is 15.8 Å². The molecule has 1 aromatic heterocycles. The highest BCUT2D eigenvalue weighted by Crippen LogP contribution is 2.23. The van der Waals surface area contributed by atoms with Crippen molar-refractivity contribution in [2.45, 2.75) is 4.90 Å². The molecule has 0 aliphatic rings. The Balaban J connectivity index is 1.99. The second-order valence-corrected chi connectivity index (χ2v) is 7.44. The zero-order valence-corrected chi connectivity index (χ0v) is 15.1. The second-order valence-electron chi connectivity index (χ2n) is 4.96. The lowest BCUT2D eigenvalue weighted by Crippen LogP contribution is -2.33. The Morgan fingerprint density at radius 3 is 2.62 bits per heavy atom. The van der Waals surface area contributed by atoms with Crippen LogP contribution >= 0.6 is 11.3 Å². The second kappa shape index (κ2) is 8.08. The van der Waals surface area contributed by atoms with Gasteiger partial charge in [-0.1, -0.05) is 6.07 Å². The minimum atomic E-state index is -3.94. The predicted molar refractivity (Wildman–Crippen MR) is 94.4 cm³/mol. The lowest BCUT2D eigenvalue weighted by atomic mass is 10.2. The number of carbonyl (C=O) groups excluding carboxylic acids is 3. The van der Waals surface area contributed by atoms with Crippen LogP contribution in [0.15, 0.2) is 40.6 Å². The minimum Gasteiger partial charge on any atom is -0.465 e. The molecule has 0 aliphatic carbocycles. The summed E-state index contributed by atoms with van der Waals surface area (Å²) < 4.78 is 27.2. The van der Waals surface area contributed by atoms with Crippen LogP contribution in [0.3, 0.4) is 0 Å². The van der Waals surface area contributed by atoms with Gasteiger partial charge in [-0.3, -0.25) is 9.59 Å². The van der Waals surface area contributed by atoms with Crippen LogP contribution in [0.2, 0.25) is 0 Å². The average molecular weight is 397 g/mol. The molecule has 11 heteroatoms. The topological polar surface area (TPSA) is 145 Å². The van der Waals surface area contributed by atoms with E-state index in [-0.39, 0.29) is 22.6 Å². The summed E-state index contributed by atoms with van der Waals surface area (Å²) in [7, 11) is -2.72. The number of methoxy groups -OCH3 is 1. The molecule has 1 aromatic carbocycles. The fourth-order valence-corrected chi connectivity index (χ4v) is 3.28. The lowest BCUT2D eigenvalue weighted by molar-refractivity contribution is -0.115. The molecule has 0 spiro atoms. The number of carbonyl (C=O) groups is 3. The van der Waals surface area contributed by atoms with Crippen molar-refractivity contribution in [3.63, 3.8) is 0 Å². The van der Waals surface area contributed by atoms with Crippen molar-refractivity contribution in [1.29, 1.82) is 0 Å². The van der Waals surface area contributed by atoms with Crippen molar-refractivity contribution in [1.82, 2.24) is 5.32 Å². The molecule has 4 N–H and O–H groups in total. The normalized spacial score (nSPS) is 10.8. The minimum absolute atomic E-state index is 0.0377. The maximum atomic E-state index is 12.1. The molecule has 0 fully saturated rings. The maximum Gasteiger partial charge on any atom is 0.340 e. The van der Waals surface area contributed by atoms with E-state index in [2.05, 4.69) is 15.4 Å². The van der Waals surface area contributed by atoms with Gasteiger partial charge in [0.05, 0.1) is 24.1 Å². The summed E-state index contributed by atoms with van der Waals surface area (Å²) in [5.74, 6) is -1.80. The molecule has 1 heterocycles. The molecular weight excluding hydrogens is 382 g/mol. The van der Waals surface area contributed by atoms with E-state index in [0.717, 1.165) is 17.4 Å². The van der Waals surface area contributed by atoms with Gasteiger partial charge in [-0.2, -0.15) is 0 Å². The molecule has 2 aromatic rings. The first-order chi connectivity index (χ1) is 12.2. The van der Waals surface area contributed by atoms with Crippen molar-refractivity contribution >= 4 is 44.1 Å². The summed E-state index contributed by atoms with van der Waals surface area (Å²) in [5, 5.41) is 11.8. The summed E-state index contributed by atoms with van der Waals surface area (Å²) >= 11 is 1.13. The number of benzene rings is 1. The number of thiophene rings is 1. The molecule has 2 rings (SSSR count). The van der Waals surface area contributed by atoms with E-state index in [1.54, 1.807) is 5.38 Å². The molecular formula is C15H15N3O6S2. The molecule has 2 amide bonds. The van der Waals surface area contributed by atoms with Crippen LogP contribution in [0.4, 0.5) is 5.00 Å². The number of amides is 2. The summed E-state index contributed by atoms with van der Waals surface area (Å²) in [6.45, 7) is -0.378. The fourth-order valence-electron chi connectivity index (χ4n) is 1.92. The van der Waals surface area contributed by atoms with Gasteiger partial charge in [-0.15, -0.1) is 11.3 Å². The molecule has 0 atom stereocenters. The molecule has 0 saturated carbocycles. The Morgan fingerprint density at radius 2 is 1.96 bits per heavy atom. The van der Waals surface area contributed by atoms with Crippen LogP contribution in [0, 0.1) is 0 Å². The van der Waals surface area contributed by atoms with E-state index < -0.39 is 27.8 Å². The van der Waals surface area contributed by atoms with Gasteiger partial charge in [0.25, 0.3) is 5.91 Å². The third-order valence-electron chi connectivity index (χ3n) is 3.16. The van der Waals surface area contributed by atoms with Crippen LogP contribution in [0.1, 0.15) is 20.7 Å². The highest BCUT2D eigenvalue weighted by atomic mass is 32.2. The maximum absolute atomic E-state index is 12.1. The van der Waals surface area contributed by atoms with Crippen LogP contribution in [0.25, 0.3) is 0 Å². The Morgan fingerprint density at radius 1 is 1.23 bits per heavy atom. The van der Waals surface area contributed by atoms with Gasteiger partial charge in [0, 0.05) is 5.56 Å². The first-order valence-corrected chi connectivity index (χ1v) is 9.51. The van der Waals surface area contributed by atoms with Crippen LogP contribution in [-0.4, -0.2) is 39.9 Å². The first kappa shape index (κ1) is 19.6. The van der Waals surface area contributed by atoms with Gasteiger partial charge in [0.2, 0.25) is 15.9 Å². The van der Waals surface area contributed by atoms with Gasteiger partial charge in [-0.25, -0.2) is 18.4 Å². The number of nitrogens with two attached hydrogens (primary N) is 1. The number of sulfonamides is 1. The van der Waals surface area contributed by atoms with Crippen molar-refractivity contribution in [3.8, 4) is 0 Å². The van der Waals surface area contributed by atoms with Crippen molar-refractivity contribution in [2.75, 3.05) is 19.0 Å². The SMILES string of the molecule is COC(=O)c1ccsc1NC(=O)CNC(=O)c1cccc(S(N)(=O)=O)c1. The smallest absolute Gasteiger partial charge is 0.340 e. The Labute approximate surface area is 153 Å². The van der Waals surface area contributed by atoms with Gasteiger partial charge in [0.1, 0.15) is 5.00 Å². The summed E-state index contributed by atoms with van der Waals surface area (Å²) in [6.07, 6.45) is 0. The summed E-state index contributed by atoms with van der Waals surface area (Å²) in [4.78, 5) is 35.3. The largest absolute Gasteiger partial charge is 0.465 e. The number of nitrogens with one attached hydrogen (secondary N) is 2. The predicted octanol–water partition coefficient (Wildman–Crippen LogP) is 0.551. The fraction of sp³-hybridized carbons (Fsp3) is 0.133. The Kier molecular flexibility index (Phi) is 6.08. The molecule has 0 radical (unpaired) electrons. The quantitative estimate of drug-likeness (QED) is 0.607. The van der Waals surface area contributed by atoms with Gasteiger partial charge in [-0.05, 0) is 29.6 Å². The van der Waals surface area contributed by atoms with Gasteiger partial charge in [0.15, 0.2) is 0 Å². The molecule has 9 nitrogen and oxygen atoms in total. The number of primary sulfonamides is 1. The van der Waals surface area contributed by atoms with Crippen LogP contribution in [-0.2, 0) is 19.6 Å². The number of anilines is 1. The summed E-state index contributed by atoms with van der Waals surface area (Å²) in [6, 6.07) is 6.62. The van der Waals surface area contributed by atoms with E-state index in [4.69, 9.17) is 5.14 Å². The number of ether oxygens (including phenoxy) is 1. The van der Waals surface area contributed by atoms with Crippen molar-refractivity contribution in [2.24, 2.45) is 5.14 Å². The molecule has 26 heavy (non-hydrogen) atoms. The highest BCUT2D eigenvalue weighted by molar-refractivity contribution is 7.89. The number of esters is 1. The standard InChI is InChI=1S/C15H15N3O6S2/c1-24-15(21)11-5-6-25-14(11)18-12(19)8-17-13(20)9-3-2-4-10(7-9)26(16,22)23/h2-7H,8H2,1H3,(H,17,20)(H,18,19)(H2,16,22,23). The van der Waals surface area contributed by atoms with E-state index in [9.17, 15) is 22.8 Å². The Hall–Kier alpha value is -2.76. The molecule has 0 unspecified atom stereocenters. The van der Waals surface area contributed by atoms with E-state index in [1.165, 1.54) is 31.4 Å². The first-order valence-electron chi connectivity index (χ1n) is 7.09. The van der Waals surface area contributed by atoms with Crippen molar-refractivity contribution in [3.05, 3.63) is 46.8 Å². The molecule has 0 aliphatic heterocycles. The monoisotopic (exact) mass is 397 g/mol. The van der Waals surface area contributed by atoms with Crippen LogP contribution in [0.5, 0.6) is 0 Å². The Bertz CT molecular complexity index is 952. The van der Waals surface area contributed by atoms with E-state index >= 15 is 0 Å².